The van der Waals surface area contributed by atoms with E-state index in [1.807, 2.05) is 18.2 Å². The van der Waals surface area contributed by atoms with Crippen molar-refractivity contribution in [1.29, 1.82) is 0 Å². The van der Waals surface area contributed by atoms with E-state index in [1.54, 1.807) is 18.6 Å². The minimum Gasteiger partial charge on any atom is -0.342 e. The van der Waals surface area contributed by atoms with E-state index >= 15 is 0 Å². The molecule has 142 valence electrons. The number of imidazole rings is 1. The van der Waals surface area contributed by atoms with E-state index in [9.17, 15) is 0 Å². The topological polar surface area (TPSA) is 110 Å². The van der Waals surface area contributed by atoms with E-state index in [4.69, 9.17) is 5.73 Å². The summed E-state index contributed by atoms with van der Waals surface area (Å²) in [5.74, 6) is 0.809. The summed E-state index contributed by atoms with van der Waals surface area (Å²) in [4.78, 5) is 29.1. The fourth-order valence-corrected chi connectivity index (χ4v) is 4.22. The minimum absolute atomic E-state index is 0.0931. The first-order valence-corrected chi connectivity index (χ1v) is 10.0. The number of aromatic amines is 1. The Kier molecular flexibility index (Phi) is 4.13. The first kappa shape index (κ1) is 17.3. The van der Waals surface area contributed by atoms with Crippen LogP contribution in [0, 0.1) is 0 Å². The van der Waals surface area contributed by atoms with Crippen molar-refractivity contribution in [2.45, 2.75) is 35.2 Å². The molecule has 0 bridgehead atoms. The molecule has 0 radical (unpaired) electrons. The van der Waals surface area contributed by atoms with Gasteiger partial charge in [-0.25, -0.2) is 9.97 Å². The molecular formula is C19H20N8S. The van der Waals surface area contributed by atoms with Crippen molar-refractivity contribution in [2.75, 3.05) is 18.0 Å². The van der Waals surface area contributed by atoms with Gasteiger partial charge in [-0.2, -0.15) is 4.98 Å². The van der Waals surface area contributed by atoms with Crippen LogP contribution in [0.5, 0.6) is 0 Å². The first-order chi connectivity index (χ1) is 13.6. The van der Waals surface area contributed by atoms with E-state index in [0.717, 1.165) is 52.8 Å². The fourth-order valence-electron chi connectivity index (χ4n) is 3.35. The Morgan fingerprint density at radius 2 is 1.93 bits per heavy atom. The number of H-pyrrole nitrogens is 1. The third-order valence-corrected chi connectivity index (χ3v) is 6.01. The zero-order valence-electron chi connectivity index (χ0n) is 15.5. The second-order valence-corrected chi connectivity index (χ2v) is 8.43. The van der Waals surface area contributed by atoms with E-state index in [-0.39, 0.29) is 5.54 Å². The van der Waals surface area contributed by atoms with Crippen LogP contribution in [0.1, 0.15) is 19.8 Å². The van der Waals surface area contributed by atoms with Gasteiger partial charge in [-0.1, -0.05) is 17.8 Å². The van der Waals surface area contributed by atoms with Crippen molar-refractivity contribution < 1.29 is 0 Å². The highest BCUT2D eigenvalue weighted by Gasteiger charge is 2.27. The van der Waals surface area contributed by atoms with Gasteiger partial charge < -0.3 is 15.6 Å². The maximum absolute atomic E-state index is 6.23. The van der Waals surface area contributed by atoms with Crippen LogP contribution in [-0.2, 0) is 0 Å². The van der Waals surface area contributed by atoms with Crippen molar-refractivity contribution in [3.05, 3.63) is 36.8 Å². The zero-order valence-corrected chi connectivity index (χ0v) is 16.3. The lowest BCUT2D eigenvalue weighted by Gasteiger charge is -2.36. The SMILES string of the molecule is CC1(N)CCN(c2nc3nc(Sc4cccc5nccnc45)cnc3[nH]2)CC1. The molecule has 28 heavy (non-hydrogen) atoms. The molecule has 1 aliphatic rings. The number of benzene rings is 1. The average molecular weight is 392 g/mol. The molecule has 1 fully saturated rings. The molecule has 1 saturated heterocycles. The highest BCUT2D eigenvalue weighted by molar-refractivity contribution is 7.99. The third-order valence-electron chi connectivity index (χ3n) is 5.06. The van der Waals surface area contributed by atoms with Crippen LogP contribution < -0.4 is 10.6 Å². The minimum atomic E-state index is -0.0931. The number of nitrogens with zero attached hydrogens (tertiary/aromatic N) is 6. The van der Waals surface area contributed by atoms with Gasteiger partial charge in [0.1, 0.15) is 10.5 Å². The van der Waals surface area contributed by atoms with E-state index in [0.29, 0.717) is 11.3 Å². The quantitative estimate of drug-likeness (QED) is 0.548. The Balaban J connectivity index is 1.42. The number of anilines is 1. The molecule has 0 spiro atoms. The number of piperidine rings is 1. The molecule has 8 nitrogen and oxygen atoms in total. The smallest absolute Gasteiger partial charge is 0.206 e. The Morgan fingerprint density at radius 1 is 1.11 bits per heavy atom. The van der Waals surface area contributed by atoms with Crippen LogP contribution in [0.15, 0.2) is 46.7 Å². The molecule has 4 aromatic rings. The number of aromatic nitrogens is 6. The molecule has 0 saturated carbocycles. The highest BCUT2D eigenvalue weighted by Crippen LogP contribution is 2.31. The molecule has 0 atom stereocenters. The van der Waals surface area contributed by atoms with Crippen LogP contribution in [0.3, 0.4) is 0 Å². The van der Waals surface area contributed by atoms with Crippen LogP contribution >= 0.6 is 11.8 Å². The molecule has 1 aromatic carbocycles. The molecule has 1 aliphatic heterocycles. The Hall–Kier alpha value is -2.78. The van der Waals surface area contributed by atoms with Gasteiger partial charge >= 0.3 is 0 Å². The number of fused-ring (bicyclic) bond motifs is 2. The maximum Gasteiger partial charge on any atom is 0.206 e. The average Bonchev–Trinajstić information content (AvgIpc) is 3.11. The lowest BCUT2D eigenvalue weighted by atomic mass is 9.91. The van der Waals surface area contributed by atoms with Crippen molar-refractivity contribution in [1.82, 2.24) is 29.9 Å². The number of para-hydroxylation sites is 1. The maximum atomic E-state index is 6.23. The lowest BCUT2D eigenvalue weighted by molar-refractivity contribution is 0.362. The largest absolute Gasteiger partial charge is 0.342 e. The molecular weight excluding hydrogens is 372 g/mol. The number of hydrogen-bond donors (Lipinski definition) is 2. The molecule has 5 rings (SSSR count). The molecule has 0 amide bonds. The van der Waals surface area contributed by atoms with E-state index < -0.39 is 0 Å². The number of hydrogen-bond acceptors (Lipinski definition) is 8. The molecule has 3 N–H and O–H groups in total. The lowest BCUT2D eigenvalue weighted by Crippen LogP contribution is -2.48. The van der Waals surface area contributed by atoms with Crippen LogP contribution in [-0.4, -0.2) is 48.5 Å². The van der Waals surface area contributed by atoms with Gasteiger partial charge in [0.05, 0.1) is 11.7 Å². The van der Waals surface area contributed by atoms with Crippen molar-refractivity contribution in [3.63, 3.8) is 0 Å². The van der Waals surface area contributed by atoms with Crippen LogP contribution in [0.4, 0.5) is 5.95 Å². The summed E-state index contributed by atoms with van der Waals surface area (Å²) in [5.41, 5.74) is 9.17. The highest BCUT2D eigenvalue weighted by atomic mass is 32.2. The van der Waals surface area contributed by atoms with E-state index in [2.05, 4.69) is 41.7 Å². The molecule has 4 heterocycles. The van der Waals surface area contributed by atoms with E-state index in [1.165, 1.54) is 11.8 Å². The summed E-state index contributed by atoms with van der Waals surface area (Å²) >= 11 is 1.52. The summed E-state index contributed by atoms with van der Waals surface area (Å²) < 4.78 is 0. The normalized spacial score (nSPS) is 16.7. The zero-order chi connectivity index (χ0) is 19.1. The standard InChI is InChI=1S/C19H20N8S/c1-19(20)5-9-27(10-6-19)18-25-16-17(26-18)24-14(11-23-16)28-13-4-2-3-12-15(13)22-8-7-21-12/h2-4,7-8,11H,5-6,9-10,20H2,1H3,(H,23,24,25,26). The van der Waals surface area contributed by atoms with Gasteiger partial charge in [-0.05, 0) is 31.9 Å². The summed E-state index contributed by atoms with van der Waals surface area (Å²) in [6.45, 7) is 3.86. The summed E-state index contributed by atoms with van der Waals surface area (Å²) in [7, 11) is 0. The number of nitrogens with one attached hydrogen (secondary N) is 1. The molecule has 0 unspecified atom stereocenters. The van der Waals surface area contributed by atoms with Gasteiger partial charge in [-0.3, -0.25) is 9.97 Å². The van der Waals surface area contributed by atoms with Crippen LogP contribution in [0.2, 0.25) is 0 Å². The third kappa shape index (κ3) is 3.27. The molecule has 9 heteroatoms. The second kappa shape index (κ2) is 6.68. The fraction of sp³-hybridized carbons (Fsp3) is 0.316. The number of nitrogens with two attached hydrogens (primary N) is 1. The Bertz CT molecular complexity index is 1140. The monoisotopic (exact) mass is 392 g/mol. The Morgan fingerprint density at radius 3 is 2.79 bits per heavy atom. The predicted octanol–water partition coefficient (Wildman–Crippen LogP) is 2.76. The van der Waals surface area contributed by atoms with Gasteiger partial charge in [-0.15, -0.1) is 0 Å². The molecule has 0 aliphatic carbocycles. The van der Waals surface area contributed by atoms with Gasteiger partial charge in [0.2, 0.25) is 5.95 Å². The predicted molar refractivity (Wildman–Crippen MR) is 109 cm³/mol. The van der Waals surface area contributed by atoms with Gasteiger partial charge in [0, 0.05) is 35.9 Å². The first-order valence-electron chi connectivity index (χ1n) is 9.22. The van der Waals surface area contributed by atoms with Crippen molar-refractivity contribution in [3.8, 4) is 0 Å². The van der Waals surface area contributed by atoms with Gasteiger partial charge in [0.25, 0.3) is 0 Å². The van der Waals surface area contributed by atoms with Crippen molar-refractivity contribution >= 4 is 40.0 Å². The number of rotatable bonds is 3. The Labute approximate surface area is 166 Å². The summed E-state index contributed by atoms with van der Waals surface area (Å²) in [6.07, 6.45) is 7.04. The van der Waals surface area contributed by atoms with Crippen LogP contribution in [0.25, 0.3) is 22.3 Å². The summed E-state index contributed by atoms with van der Waals surface area (Å²) in [5, 5.41) is 0.775. The summed E-state index contributed by atoms with van der Waals surface area (Å²) in [6, 6.07) is 5.94. The van der Waals surface area contributed by atoms with Crippen molar-refractivity contribution in [2.24, 2.45) is 5.73 Å². The van der Waals surface area contributed by atoms with Gasteiger partial charge in [0.15, 0.2) is 11.3 Å². The molecule has 3 aromatic heterocycles. The second-order valence-electron chi connectivity index (χ2n) is 7.36.